The van der Waals surface area contributed by atoms with Crippen molar-refractivity contribution < 1.29 is 82.3 Å². The molecule has 2 heterocycles. The van der Waals surface area contributed by atoms with Gasteiger partial charge in [-0.1, -0.05) is 583 Å². The van der Waals surface area contributed by atoms with Crippen LogP contribution >= 0.6 is 0 Å². The Morgan fingerprint density at radius 1 is 0.286 bits per heavy atom. The van der Waals surface area contributed by atoms with Gasteiger partial charge in [-0.15, -0.1) is 0 Å². The van der Waals surface area contributed by atoms with Crippen LogP contribution in [0.5, 0.6) is 0 Å². The molecule has 17 heteroatoms. The first-order valence-corrected chi connectivity index (χ1v) is 63.8. The third kappa shape index (κ3) is 72.7. The molecule has 4 unspecified atom stereocenters. The first-order chi connectivity index (χ1) is 71.2. The van der Waals surface area contributed by atoms with Crippen LogP contribution < -0.4 is 0 Å². The van der Waals surface area contributed by atoms with Gasteiger partial charge in [-0.2, -0.15) is 0 Å². The Balaban J connectivity index is 2.72. The summed E-state index contributed by atoms with van der Waals surface area (Å²) in [7, 11) is 0. The molecular weight excluding hydrogens is 1830 g/mol. The van der Waals surface area contributed by atoms with Gasteiger partial charge in [-0.25, -0.2) is 14.4 Å². The number of ether oxygens (including phenoxy) is 8. The van der Waals surface area contributed by atoms with Crippen molar-refractivity contribution in [3.05, 3.63) is 34.9 Å². The molecule has 0 aromatic rings. The number of aliphatic hydroxyl groups is 4. The summed E-state index contributed by atoms with van der Waals surface area (Å²) in [6, 6.07) is 0. The summed E-state index contributed by atoms with van der Waals surface area (Å²) in [5.74, 6) is -4.06. The fourth-order valence-corrected chi connectivity index (χ4v) is 23.0. The monoisotopic (exact) mass is 2080 g/mol. The van der Waals surface area contributed by atoms with Gasteiger partial charge in [0, 0.05) is 23.1 Å². The molecule has 2 aliphatic heterocycles. The average Bonchev–Trinajstić information content (AvgIpc) is 0.768. The number of carbonyl (C=O) groups is 5. The molecule has 17 nitrogen and oxygen atoms in total. The van der Waals surface area contributed by atoms with Crippen LogP contribution in [-0.4, -0.2) is 131 Å². The van der Waals surface area contributed by atoms with Crippen LogP contribution in [-0.2, 0) is 61.9 Å². The number of aliphatic hydroxyl groups excluding tert-OH is 4. The van der Waals surface area contributed by atoms with Crippen LogP contribution in [0.25, 0.3) is 0 Å². The van der Waals surface area contributed by atoms with Crippen molar-refractivity contribution in [2.24, 2.45) is 53.3 Å². The maximum atomic E-state index is 15.2. The zero-order valence-corrected chi connectivity index (χ0v) is 99.4. The molecule has 0 radical (unpaired) electrons. The van der Waals surface area contributed by atoms with Crippen LogP contribution in [0.15, 0.2) is 34.9 Å². The van der Waals surface area contributed by atoms with Gasteiger partial charge in [0.1, 0.15) is 31.0 Å². The van der Waals surface area contributed by atoms with Crippen molar-refractivity contribution in [3.63, 3.8) is 0 Å². The van der Waals surface area contributed by atoms with Gasteiger partial charge >= 0.3 is 29.8 Å². The minimum atomic E-state index is -1.94. The highest BCUT2D eigenvalue weighted by atomic mass is 16.8. The molecule has 4 N–H and O–H groups in total. The molecule has 0 spiro atoms. The zero-order chi connectivity index (χ0) is 108. The summed E-state index contributed by atoms with van der Waals surface area (Å²) in [6.07, 6.45) is 83.4. The predicted octanol–water partition coefficient (Wildman–Crippen LogP) is 36.6. The van der Waals surface area contributed by atoms with Crippen molar-refractivity contribution in [2.45, 2.75) is 699 Å². The molecule has 2 aliphatic rings. The van der Waals surface area contributed by atoms with Gasteiger partial charge in [0.05, 0.1) is 18.6 Å². The SMILES string of the molecule is CCCCCCCCCCCCCCCCCC[C@H](C)C[C@H](C)[C@H](O)[C@H](C)C(=O)OC1[C@H](O)C(COC(=O)/C(C)=C/[C@@H](C)C[C@@H](C)CCCCCCCCCCCCCCCC)O[C@H](O[C@H]2OC(CO)[C@@H](OC(=O)/C(C)=C/[C@@H](C)C[C@@H](C)CCCCCCCCCCCCCCCC)C(O)[C@@H]2OC(=O)/C(C)=C/[C@@H](C)C[C@@H](C)CCCCCCCCCCCCCCCC)[C@@H]1OC(=O)CCCCCCCCCCCCCCC. The molecule has 864 valence electrons. The number of hydrogen-bond donors (Lipinski definition) is 4. The molecule has 0 saturated carbocycles. The van der Waals surface area contributed by atoms with Crippen LogP contribution in [0.4, 0.5) is 0 Å². The van der Waals surface area contributed by atoms with Gasteiger partial charge in [0.2, 0.25) is 12.6 Å². The molecule has 0 aromatic heterocycles. The lowest BCUT2D eigenvalue weighted by atomic mass is 9.85. The van der Waals surface area contributed by atoms with E-state index in [1.165, 1.54) is 385 Å². The van der Waals surface area contributed by atoms with E-state index in [0.717, 1.165) is 109 Å². The highest BCUT2D eigenvalue weighted by molar-refractivity contribution is 5.89. The van der Waals surface area contributed by atoms with Crippen LogP contribution in [0, 0.1) is 53.3 Å². The fourth-order valence-electron chi connectivity index (χ4n) is 23.0. The second kappa shape index (κ2) is 94.6. The molecule has 0 aromatic carbocycles. The van der Waals surface area contributed by atoms with Crippen LogP contribution in [0.2, 0.25) is 0 Å². The number of rotatable bonds is 102. The van der Waals surface area contributed by atoms with Crippen molar-refractivity contribution >= 4 is 29.8 Å². The molecule has 0 aliphatic carbocycles. The predicted molar refractivity (Wildman–Crippen MR) is 615 cm³/mol. The number of hydrogen-bond acceptors (Lipinski definition) is 17. The lowest BCUT2D eigenvalue weighted by Crippen LogP contribution is -2.66. The van der Waals surface area contributed by atoms with E-state index in [1.807, 2.05) is 25.2 Å². The van der Waals surface area contributed by atoms with Crippen LogP contribution in [0.1, 0.15) is 631 Å². The number of carbonyl (C=O) groups excluding carboxylic acids is 5. The van der Waals surface area contributed by atoms with E-state index in [2.05, 4.69) is 83.1 Å². The molecule has 2 saturated heterocycles. The smallest absolute Gasteiger partial charge is 0.333 e. The summed E-state index contributed by atoms with van der Waals surface area (Å²) < 4.78 is 52.1. The number of esters is 5. The highest BCUT2D eigenvalue weighted by Gasteiger charge is 2.56. The minimum absolute atomic E-state index is 0.0118. The van der Waals surface area contributed by atoms with Crippen molar-refractivity contribution in [2.75, 3.05) is 13.2 Å². The summed E-state index contributed by atoms with van der Waals surface area (Å²) >= 11 is 0. The summed E-state index contributed by atoms with van der Waals surface area (Å²) in [4.78, 5) is 74.2. The molecular formula is C130H242O17. The van der Waals surface area contributed by atoms with Crippen molar-refractivity contribution in [3.8, 4) is 0 Å². The Kier molecular flexibility index (Phi) is 89.7. The van der Waals surface area contributed by atoms with E-state index in [4.69, 9.17) is 37.9 Å². The van der Waals surface area contributed by atoms with Crippen LogP contribution in [0.3, 0.4) is 0 Å². The van der Waals surface area contributed by atoms with E-state index in [0.29, 0.717) is 36.2 Å². The van der Waals surface area contributed by atoms with E-state index in [9.17, 15) is 34.8 Å². The summed E-state index contributed by atoms with van der Waals surface area (Å²) in [6.45, 7) is 33.7. The lowest BCUT2D eigenvalue weighted by Gasteiger charge is -2.47. The topological polar surface area (TPSA) is 240 Å². The van der Waals surface area contributed by atoms with E-state index >= 15 is 9.59 Å². The van der Waals surface area contributed by atoms with Crippen molar-refractivity contribution in [1.29, 1.82) is 0 Å². The normalized spacial score (nSPS) is 20.6. The number of allylic oxidation sites excluding steroid dienone is 3. The zero-order valence-electron chi connectivity index (χ0n) is 99.4. The quantitative estimate of drug-likeness (QED) is 0.0192. The third-order valence-electron chi connectivity index (χ3n) is 32.4. The van der Waals surface area contributed by atoms with E-state index < -0.39 is 116 Å². The number of unbranched alkanes of at least 4 members (excludes halogenated alkanes) is 66. The third-order valence-corrected chi connectivity index (χ3v) is 32.4. The fraction of sp³-hybridized carbons (Fsp3) is 0.915. The van der Waals surface area contributed by atoms with Gasteiger partial charge in [0.15, 0.2) is 24.4 Å². The lowest BCUT2D eigenvalue weighted by molar-refractivity contribution is -0.377. The van der Waals surface area contributed by atoms with Gasteiger partial charge in [-0.05, 0) is 107 Å². The summed E-state index contributed by atoms with van der Waals surface area (Å²) in [5, 5.41) is 49.8. The van der Waals surface area contributed by atoms with E-state index in [1.54, 1.807) is 27.7 Å². The summed E-state index contributed by atoms with van der Waals surface area (Å²) in [5.41, 5.74) is 0.860. The average molecular weight is 2080 g/mol. The molecule has 20 atom stereocenters. The Hall–Kier alpha value is -3.71. The van der Waals surface area contributed by atoms with Crippen molar-refractivity contribution in [1.82, 2.24) is 0 Å². The van der Waals surface area contributed by atoms with Gasteiger partial charge in [-0.3, -0.25) is 9.59 Å². The van der Waals surface area contributed by atoms with Gasteiger partial charge < -0.3 is 58.3 Å². The highest BCUT2D eigenvalue weighted by Crippen LogP contribution is 2.38. The first kappa shape index (κ1) is 139. The molecule has 0 amide bonds. The Labute approximate surface area is 907 Å². The van der Waals surface area contributed by atoms with E-state index in [-0.39, 0.29) is 47.2 Å². The minimum Gasteiger partial charge on any atom is -0.459 e. The largest absolute Gasteiger partial charge is 0.459 e. The Bertz CT molecular complexity index is 3170. The molecule has 2 rings (SSSR count). The Morgan fingerprint density at radius 2 is 0.537 bits per heavy atom. The molecule has 2 fully saturated rings. The second-order valence-electron chi connectivity index (χ2n) is 47.9. The first-order valence-electron chi connectivity index (χ1n) is 63.8. The maximum Gasteiger partial charge on any atom is 0.333 e. The second-order valence-corrected chi connectivity index (χ2v) is 47.9. The molecule has 0 bridgehead atoms. The Morgan fingerprint density at radius 3 is 0.830 bits per heavy atom. The van der Waals surface area contributed by atoms with Gasteiger partial charge in [0.25, 0.3) is 0 Å². The maximum absolute atomic E-state index is 15.2. The standard InChI is InChI=1S/C130H242O17/c1-18-23-28-33-38-43-48-53-57-58-63-67-72-77-82-87-92-106(9)97-110(13)118(133)114(17)128(139)145-122-119(134)116(102-140-125(136)111(14)98-107(10)94-103(6)89-84-79-74-69-64-60-54-49-44-39-34-29-24-19-2)142-130(124(122)143-117(132)93-88-83-78-73-68-59-52-47-42-37-32-27-22-5)147-129-123(146-127(138)113(16)100-109(12)96-105(8)91-86-81-76-71-66-62-56-51-46-41-36-31-26-21-4)120(135)121(115(101-131)141-129)144-126(137)112(15)99-108(11)95-104(7)90-85-80-75-70-65-61-55-50-45-40-35-30-25-20-3/h98-100,103-110,114-116,118-124,129-131,133-135H,18-97,101-102H2,1-17H3/b111-98+,112-99+,113-100+/t103-,104-,105-,106-,107-,108-,109-,110-,114-,115?,116?,118-,119+,120?,121+,122?,123-,124+,129+,130+/m0/s1. The molecule has 147 heavy (non-hydrogen) atoms.